The molecule has 3 unspecified atom stereocenters. The molecule has 0 aromatic carbocycles. The number of carbonyl (C=O) groups excluding carboxylic acids is 1. The molecule has 2 saturated heterocycles. The molecule has 0 spiro atoms. The number of ether oxygens (including phenoxy) is 1. The van der Waals surface area contributed by atoms with Gasteiger partial charge in [0.15, 0.2) is 6.04 Å². The van der Waals surface area contributed by atoms with Crippen molar-refractivity contribution in [2.45, 2.75) is 38.8 Å². The smallest absolute Gasteiger partial charge is 0.328 e. The first kappa shape index (κ1) is 14.1. The zero-order valence-corrected chi connectivity index (χ0v) is 11.5. The number of piperidine rings is 1. The van der Waals surface area contributed by atoms with E-state index in [1.54, 1.807) is 0 Å². The fourth-order valence-corrected chi connectivity index (χ4v) is 2.81. The van der Waals surface area contributed by atoms with Crippen LogP contribution >= 0.6 is 0 Å². The monoisotopic (exact) mass is 270 g/mol. The molecular formula is C13H22N2O4. The zero-order chi connectivity index (χ0) is 14.0. The van der Waals surface area contributed by atoms with Crippen LogP contribution in [0.3, 0.4) is 0 Å². The molecule has 2 amide bonds. The van der Waals surface area contributed by atoms with Crippen molar-refractivity contribution in [3.8, 4) is 0 Å². The highest BCUT2D eigenvalue weighted by molar-refractivity contribution is 5.83. The van der Waals surface area contributed by atoms with Crippen LogP contribution in [0.2, 0.25) is 0 Å². The highest BCUT2D eigenvalue weighted by Gasteiger charge is 2.38. The van der Waals surface area contributed by atoms with Gasteiger partial charge < -0.3 is 19.6 Å². The normalized spacial score (nSPS) is 32.2. The van der Waals surface area contributed by atoms with Crippen LogP contribution < -0.4 is 0 Å². The molecule has 19 heavy (non-hydrogen) atoms. The summed E-state index contributed by atoms with van der Waals surface area (Å²) < 4.78 is 5.17. The fourth-order valence-electron chi connectivity index (χ4n) is 2.81. The first-order chi connectivity index (χ1) is 9.02. The summed E-state index contributed by atoms with van der Waals surface area (Å²) in [5.74, 6) is -0.534. The van der Waals surface area contributed by atoms with Crippen molar-refractivity contribution in [3.05, 3.63) is 0 Å². The molecule has 2 fully saturated rings. The molecule has 2 rings (SSSR count). The summed E-state index contributed by atoms with van der Waals surface area (Å²) in [6.45, 7) is 5.74. The van der Waals surface area contributed by atoms with Gasteiger partial charge in [0.25, 0.3) is 0 Å². The van der Waals surface area contributed by atoms with Gasteiger partial charge in [0, 0.05) is 19.1 Å². The number of hydrogen-bond acceptors (Lipinski definition) is 3. The molecule has 3 atom stereocenters. The van der Waals surface area contributed by atoms with Crippen LogP contribution in [0.5, 0.6) is 0 Å². The van der Waals surface area contributed by atoms with Crippen molar-refractivity contribution in [2.75, 3.05) is 26.3 Å². The Morgan fingerprint density at radius 1 is 1.21 bits per heavy atom. The molecule has 2 heterocycles. The van der Waals surface area contributed by atoms with E-state index in [2.05, 4.69) is 6.92 Å². The summed E-state index contributed by atoms with van der Waals surface area (Å²) in [6.07, 6.45) is 2.11. The van der Waals surface area contributed by atoms with Crippen molar-refractivity contribution in [1.29, 1.82) is 0 Å². The van der Waals surface area contributed by atoms with Crippen molar-refractivity contribution < 1.29 is 19.4 Å². The maximum Gasteiger partial charge on any atom is 0.328 e. The number of hydrogen-bond donors (Lipinski definition) is 1. The highest BCUT2D eigenvalue weighted by atomic mass is 16.5. The second kappa shape index (κ2) is 5.77. The fraction of sp³-hybridized carbons (Fsp3) is 0.846. The van der Waals surface area contributed by atoms with Gasteiger partial charge in [-0.25, -0.2) is 9.59 Å². The predicted molar refractivity (Wildman–Crippen MR) is 68.9 cm³/mol. The zero-order valence-electron chi connectivity index (χ0n) is 11.5. The van der Waals surface area contributed by atoms with E-state index in [1.807, 2.05) is 11.8 Å². The Kier molecular flexibility index (Phi) is 4.29. The number of nitrogens with zero attached hydrogens (tertiary/aromatic N) is 2. The van der Waals surface area contributed by atoms with Crippen LogP contribution in [0, 0.1) is 5.92 Å². The molecule has 6 nitrogen and oxygen atoms in total. The number of amides is 2. The van der Waals surface area contributed by atoms with Gasteiger partial charge in [0.2, 0.25) is 0 Å². The number of likely N-dealkylation sites (tertiary alicyclic amines) is 1. The van der Waals surface area contributed by atoms with E-state index in [0.29, 0.717) is 25.6 Å². The van der Waals surface area contributed by atoms with E-state index in [1.165, 1.54) is 4.90 Å². The standard InChI is InChI=1S/C13H22N2O4/c1-9-4-3-5-14(10(9)2)13(18)15-6-7-19-8-11(15)12(16)17/h9-11H,3-8H2,1-2H3,(H,16,17). The SMILES string of the molecule is CC1CCCN(C(=O)N2CCOCC2C(=O)O)C1C. The molecule has 2 aliphatic heterocycles. The molecule has 2 aliphatic rings. The van der Waals surface area contributed by atoms with Crippen molar-refractivity contribution >= 4 is 12.0 Å². The van der Waals surface area contributed by atoms with Gasteiger partial charge in [0.1, 0.15) is 0 Å². The van der Waals surface area contributed by atoms with E-state index in [9.17, 15) is 14.7 Å². The second-order valence-corrected chi connectivity index (χ2v) is 5.46. The Balaban J connectivity index is 2.10. The number of carboxylic acids is 1. The van der Waals surface area contributed by atoms with Crippen LogP contribution in [-0.4, -0.2) is 65.3 Å². The molecule has 0 radical (unpaired) electrons. The number of urea groups is 1. The van der Waals surface area contributed by atoms with Crippen LogP contribution in [0.15, 0.2) is 0 Å². The summed E-state index contributed by atoms with van der Waals surface area (Å²) >= 11 is 0. The average molecular weight is 270 g/mol. The minimum Gasteiger partial charge on any atom is -0.480 e. The lowest BCUT2D eigenvalue weighted by Gasteiger charge is -2.43. The minimum atomic E-state index is -0.995. The van der Waals surface area contributed by atoms with Gasteiger partial charge in [-0.2, -0.15) is 0 Å². The van der Waals surface area contributed by atoms with Crippen LogP contribution in [0.4, 0.5) is 4.79 Å². The number of carbonyl (C=O) groups is 2. The lowest BCUT2D eigenvalue weighted by molar-refractivity contribution is -0.147. The predicted octanol–water partition coefficient (Wildman–Crippen LogP) is 1.01. The van der Waals surface area contributed by atoms with Gasteiger partial charge in [0.05, 0.1) is 13.2 Å². The van der Waals surface area contributed by atoms with Crippen molar-refractivity contribution in [2.24, 2.45) is 5.92 Å². The van der Waals surface area contributed by atoms with Gasteiger partial charge in [-0.15, -0.1) is 0 Å². The molecule has 1 N–H and O–H groups in total. The van der Waals surface area contributed by atoms with Gasteiger partial charge in [-0.05, 0) is 25.7 Å². The minimum absolute atomic E-state index is 0.0822. The third-order valence-corrected chi connectivity index (χ3v) is 4.28. The average Bonchev–Trinajstić information content (AvgIpc) is 2.41. The molecule has 0 aromatic rings. The van der Waals surface area contributed by atoms with Crippen molar-refractivity contribution in [3.63, 3.8) is 0 Å². The van der Waals surface area contributed by atoms with Crippen molar-refractivity contribution in [1.82, 2.24) is 9.80 Å². The quantitative estimate of drug-likeness (QED) is 0.772. The Bertz CT molecular complexity index is 361. The Morgan fingerprint density at radius 3 is 2.63 bits per heavy atom. The third kappa shape index (κ3) is 2.83. The van der Waals surface area contributed by atoms with E-state index < -0.39 is 12.0 Å². The lowest BCUT2D eigenvalue weighted by Crippen LogP contribution is -2.59. The lowest BCUT2D eigenvalue weighted by atomic mass is 9.92. The number of rotatable bonds is 1. The summed E-state index contributed by atoms with van der Waals surface area (Å²) in [5, 5.41) is 9.18. The largest absolute Gasteiger partial charge is 0.480 e. The van der Waals surface area contributed by atoms with E-state index in [0.717, 1.165) is 12.8 Å². The van der Waals surface area contributed by atoms with E-state index in [-0.39, 0.29) is 18.7 Å². The summed E-state index contributed by atoms with van der Waals surface area (Å²) in [6, 6.07) is -0.848. The number of carboxylic acid groups (broad SMARTS) is 1. The van der Waals surface area contributed by atoms with Crippen LogP contribution in [0.1, 0.15) is 26.7 Å². The van der Waals surface area contributed by atoms with Crippen LogP contribution in [0.25, 0.3) is 0 Å². The summed E-state index contributed by atoms with van der Waals surface area (Å²) in [4.78, 5) is 27.0. The summed E-state index contributed by atoms with van der Waals surface area (Å²) in [5.41, 5.74) is 0. The van der Waals surface area contributed by atoms with Crippen LogP contribution in [-0.2, 0) is 9.53 Å². The number of aliphatic carboxylic acids is 1. The second-order valence-electron chi connectivity index (χ2n) is 5.46. The molecule has 6 heteroatoms. The third-order valence-electron chi connectivity index (χ3n) is 4.28. The van der Waals surface area contributed by atoms with Gasteiger partial charge >= 0.3 is 12.0 Å². The molecule has 0 saturated carbocycles. The van der Waals surface area contributed by atoms with Gasteiger partial charge in [-0.1, -0.05) is 6.92 Å². The van der Waals surface area contributed by atoms with E-state index in [4.69, 9.17) is 4.74 Å². The highest BCUT2D eigenvalue weighted by Crippen LogP contribution is 2.25. The Hall–Kier alpha value is -1.30. The molecule has 0 bridgehead atoms. The van der Waals surface area contributed by atoms with Gasteiger partial charge in [-0.3, -0.25) is 0 Å². The Morgan fingerprint density at radius 2 is 1.95 bits per heavy atom. The first-order valence-corrected chi connectivity index (χ1v) is 6.90. The molecule has 0 aromatic heterocycles. The molecule has 108 valence electrons. The Labute approximate surface area is 113 Å². The van der Waals surface area contributed by atoms with E-state index >= 15 is 0 Å². The molecule has 0 aliphatic carbocycles. The summed E-state index contributed by atoms with van der Waals surface area (Å²) in [7, 11) is 0. The topological polar surface area (TPSA) is 70.1 Å². The maximum atomic E-state index is 12.6. The maximum absolute atomic E-state index is 12.6. The molecular weight excluding hydrogens is 248 g/mol. The number of morpholine rings is 1. The first-order valence-electron chi connectivity index (χ1n) is 6.90.